The standard InChI is InChI=1S/C24H21NO2/c1-23-17-12-6-8-14-19(17)24(2,20-15-9-7-13-18(20)23)22(25(26)27)21(23)16-10-4-3-5-11-16/h3-15,21-22H,1-2H3. The Morgan fingerprint density at radius 2 is 1.11 bits per heavy atom. The maximum atomic E-state index is 12.5. The molecular formula is C24H21NO2. The van der Waals surface area contributed by atoms with E-state index >= 15 is 0 Å². The average molecular weight is 355 g/mol. The summed E-state index contributed by atoms with van der Waals surface area (Å²) in [7, 11) is 0. The number of hydrogen-bond donors (Lipinski definition) is 0. The summed E-state index contributed by atoms with van der Waals surface area (Å²) in [6.45, 7) is 4.25. The number of hydrogen-bond acceptors (Lipinski definition) is 2. The number of nitro groups is 1. The highest BCUT2D eigenvalue weighted by Crippen LogP contribution is 2.64. The summed E-state index contributed by atoms with van der Waals surface area (Å²) in [5.41, 5.74) is 4.58. The minimum absolute atomic E-state index is 0.0399. The Labute approximate surface area is 158 Å². The van der Waals surface area contributed by atoms with Gasteiger partial charge in [-0.15, -0.1) is 0 Å². The molecule has 2 bridgehead atoms. The predicted octanol–water partition coefficient (Wildman–Crippen LogP) is 5.05. The van der Waals surface area contributed by atoms with Gasteiger partial charge in [0.25, 0.3) is 0 Å². The highest BCUT2D eigenvalue weighted by Gasteiger charge is 2.67. The Morgan fingerprint density at radius 3 is 1.56 bits per heavy atom. The SMILES string of the molecule is CC12c3ccccc3C(C)(c3ccccc31)C([N+](=O)[O-])C2c1ccccc1. The van der Waals surface area contributed by atoms with Crippen molar-refractivity contribution in [3.63, 3.8) is 0 Å². The van der Waals surface area contributed by atoms with Crippen molar-refractivity contribution >= 4 is 0 Å². The first-order valence-electron chi connectivity index (χ1n) is 9.39. The first-order chi connectivity index (χ1) is 13.0. The molecule has 0 saturated heterocycles. The molecule has 3 nitrogen and oxygen atoms in total. The zero-order valence-corrected chi connectivity index (χ0v) is 15.4. The van der Waals surface area contributed by atoms with Crippen LogP contribution in [-0.2, 0) is 10.8 Å². The van der Waals surface area contributed by atoms with Crippen molar-refractivity contribution in [3.05, 3.63) is 117 Å². The fraction of sp³-hybridized carbons (Fsp3) is 0.250. The molecule has 0 aromatic heterocycles. The Morgan fingerprint density at radius 1 is 0.704 bits per heavy atom. The van der Waals surface area contributed by atoms with E-state index in [0.29, 0.717) is 0 Å². The summed E-state index contributed by atoms with van der Waals surface area (Å²) in [5.74, 6) is -0.219. The first-order valence-corrected chi connectivity index (χ1v) is 9.39. The van der Waals surface area contributed by atoms with Crippen LogP contribution in [0.15, 0.2) is 78.9 Å². The van der Waals surface area contributed by atoms with Crippen molar-refractivity contribution in [2.45, 2.75) is 36.6 Å². The van der Waals surface area contributed by atoms with Crippen molar-refractivity contribution in [1.82, 2.24) is 0 Å². The van der Waals surface area contributed by atoms with Gasteiger partial charge in [0, 0.05) is 10.3 Å². The molecule has 3 heteroatoms. The first kappa shape index (κ1) is 16.2. The Kier molecular flexibility index (Phi) is 3.18. The van der Waals surface area contributed by atoms with Gasteiger partial charge in [0.15, 0.2) is 0 Å². The van der Waals surface area contributed by atoms with Gasteiger partial charge in [-0.25, -0.2) is 0 Å². The highest BCUT2D eigenvalue weighted by atomic mass is 16.6. The average Bonchev–Trinajstić information content (AvgIpc) is 2.70. The van der Waals surface area contributed by atoms with Gasteiger partial charge in [0.1, 0.15) is 0 Å². The lowest BCUT2D eigenvalue weighted by molar-refractivity contribution is -0.541. The lowest BCUT2D eigenvalue weighted by Gasteiger charge is -2.58. The van der Waals surface area contributed by atoms with Gasteiger partial charge in [0.05, 0.1) is 11.3 Å². The fourth-order valence-corrected chi connectivity index (χ4v) is 5.88. The zero-order valence-electron chi connectivity index (χ0n) is 15.4. The zero-order chi connectivity index (χ0) is 18.8. The summed E-state index contributed by atoms with van der Waals surface area (Å²) >= 11 is 0. The molecule has 0 fully saturated rings. The van der Waals surface area contributed by atoms with E-state index in [-0.39, 0.29) is 10.8 Å². The molecular weight excluding hydrogens is 334 g/mol. The smallest absolute Gasteiger partial charge is 0.234 e. The molecule has 0 saturated carbocycles. The molecule has 0 aliphatic heterocycles. The fourth-order valence-electron chi connectivity index (χ4n) is 5.88. The van der Waals surface area contributed by atoms with E-state index in [9.17, 15) is 10.1 Å². The second kappa shape index (κ2) is 5.29. The summed E-state index contributed by atoms with van der Waals surface area (Å²) in [6, 6.07) is 25.9. The molecule has 27 heavy (non-hydrogen) atoms. The van der Waals surface area contributed by atoms with Gasteiger partial charge < -0.3 is 0 Å². The van der Waals surface area contributed by atoms with Gasteiger partial charge in [-0.1, -0.05) is 85.8 Å². The van der Waals surface area contributed by atoms with Gasteiger partial charge in [-0.2, -0.15) is 0 Å². The molecule has 0 N–H and O–H groups in total. The lowest BCUT2D eigenvalue weighted by Crippen LogP contribution is -2.62. The van der Waals surface area contributed by atoms with E-state index in [4.69, 9.17) is 0 Å². The van der Waals surface area contributed by atoms with E-state index in [2.05, 4.69) is 50.2 Å². The van der Waals surface area contributed by atoms with Crippen LogP contribution in [0.25, 0.3) is 0 Å². The monoisotopic (exact) mass is 355 g/mol. The Hall–Kier alpha value is -2.94. The van der Waals surface area contributed by atoms with Crippen molar-refractivity contribution in [2.24, 2.45) is 0 Å². The summed E-state index contributed by atoms with van der Waals surface area (Å²) in [5, 5.41) is 12.5. The summed E-state index contributed by atoms with van der Waals surface area (Å²) in [4.78, 5) is 12.5. The van der Waals surface area contributed by atoms with Crippen molar-refractivity contribution in [2.75, 3.05) is 0 Å². The van der Waals surface area contributed by atoms with Crippen LogP contribution in [0.2, 0.25) is 0 Å². The predicted molar refractivity (Wildman–Crippen MR) is 106 cm³/mol. The number of benzene rings is 3. The molecule has 3 aliphatic rings. The van der Waals surface area contributed by atoms with Crippen LogP contribution in [0.1, 0.15) is 47.6 Å². The van der Waals surface area contributed by atoms with E-state index < -0.39 is 16.9 Å². The molecule has 3 aliphatic carbocycles. The van der Waals surface area contributed by atoms with E-state index in [1.165, 1.54) is 11.1 Å². The van der Waals surface area contributed by atoms with Crippen LogP contribution in [-0.4, -0.2) is 11.0 Å². The number of nitrogens with zero attached hydrogens (tertiary/aromatic N) is 1. The van der Waals surface area contributed by atoms with Crippen molar-refractivity contribution < 1.29 is 4.92 Å². The molecule has 2 unspecified atom stereocenters. The van der Waals surface area contributed by atoms with Gasteiger partial charge in [0.2, 0.25) is 6.04 Å². The van der Waals surface area contributed by atoms with Crippen molar-refractivity contribution in [1.29, 1.82) is 0 Å². The normalized spacial score (nSPS) is 30.4. The Balaban J connectivity index is 1.95. The molecule has 0 spiro atoms. The maximum Gasteiger partial charge on any atom is 0.234 e. The largest absolute Gasteiger partial charge is 0.264 e. The third-order valence-corrected chi connectivity index (χ3v) is 7.01. The summed E-state index contributed by atoms with van der Waals surface area (Å²) in [6.07, 6.45) is 0. The van der Waals surface area contributed by atoms with Gasteiger partial charge >= 0.3 is 0 Å². The lowest BCUT2D eigenvalue weighted by atomic mass is 9.43. The molecule has 3 aromatic rings. The molecule has 0 heterocycles. The topological polar surface area (TPSA) is 43.1 Å². The van der Waals surface area contributed by atoms with E-state index in [1.54, 1.807) is 0 Å². The molecule has 0 amide bonds. The van der Waals surface area contributed by atoms with E-state index in [0.717, 1.165) is 16.7 Å². The number of rotatable bonds is 2. The quantitative estimate of drug-likeness (QED) is 0.477. The second-order valence-corrected chi connectivity index (χ2v) is 8.11. The summed E-state index contributed by atoms with van der Waals surface area (Å²) < 4.78 is 0. The third-order valence-electron chi connectivity index (χ3n) is 7.01. The van der Waals surface area contributed by atoms with Crippen LogP contribution < -0.4 is 0 Å². The van der Waals surface area contributed by atoms with Crippen molar-refractivity contribution in [3.8, 4) is 0 Å². The molecule has 0 radical (unpaired) electrons. The van der Waals surface area contributed by atoms with Crippen LogP contribution in [0.3, 0.4) is 0 Å². The van der Waals surface area contributed by atoms with Crippen LogP contribution in [0, 0.1) is 10.1 Å². The third kappa shape index (κ3) is 1.82. The van der Waals surface area contributed by atoms with E-state index in [1.807, 2.05) is 42.5 Å². The molecule has 2 atom stereocenters. The maximum absolute atomic E-state index is 12.5. The minimum Gasteiger partial charge on any atom is -0.264 e. The van der Waals surface area contributed by atoms with Gasteiger partial charge in [-0.05, 0) is 34.7 Å². The van der Waals surface area contributed by atoms with Crippen LogP contribution >= 0.6 is 0 Å². The van der Waals surface area contributed by atoms with Gasteiger partial charge in [-0.3, -0.25) is 10.1 Å². The molecule has 134 valence electrons. The second-order valence-electron chi connectivity index (χ2n) is 8.11. The highest BCUT2D eigenvalue weighted by molar-refractivity contribution is 5.66. The molecule has 3 aromatic carbocycles. The van der Waals surface area contributed by atoms with Crippen LogP contribution in [0.5, 0.6) is 0 Å². The number of fused-ring (bicyclic) bond motifs is 1. The molecule has 6 rings (SSSR count). The minimum atomic E-state index is -0.713. The van der Waals surface area contributed by atoms with Crippen LogP contribution in [0.4, 0.5) is 0 Å². The Bertz CT molecular complexity index is 1010.